The van der Waals surface area contributed by atoms with Crippen molar-refractivity contribution < 1.29 is 33.7 Å². The van der Waals surface area contributed by atoms with E-state index in [0.717, 1.165) is 10.9 Å². The molecule has 1 saturated heterocycles. The summed E-state index contributed by atoms with van der Waals surface area (Å²) < 4.78 is 25.6. The number of aromatic nitrogens is 4. The minimum absolute atomic E-state index is 0.201. The van der Waals surface area contributed by atoms with E-state index in [1.807, 2.05) is 0 Å². The summed E-state index contributed by atoms with van der Waals surface area (Å²) in [7, 11) is 0. The van der Waals surface area contributed by atoms with Crippen LogP contribution in [0, 0.1) is 0 Å². The topological polar surface area (TPSA) is 189 Å². The molecule has 0 unspecified atom stereocenters. The highest BCUT2D eigenvalue weighted by Gasteiger charge is 2.60. The van der Waals surface area contributed by atoms with E-state index in [2.05, 4.69) is 31.3 Å². The molecule has 0 aliphatic carbocycles. The number of nitrogens with zero attached hydrogens (tertiary/aromatic N) is 3. The lowest BCUT2D eigenvalue weighted by Crippen LogP contribution is -2.44. The van der Waals surface area contributed by atoms with Gasteiger partial charge in [-0.05, 0) is 11.8 Å². The van der Waals surface area contributed by atoms with Gasteiger partial charge in [-0.3, -0.25) is 18.9 Å². The molecule has 7 N–H and O–H groups in total. The van der Waals surface area contributed by atoms with Crippen molar-refractivity contribution in [3.8, 4) is 0 Å². The van der Waals surface area contributed by atoms with Crippen molar-refractivity contribution in [3.05, 3.63) is 16.7 Å². The van der Waals surface area contributed by atoms with Crippen molar-refractivity contribution in [1.82, 2.24) is 19.5 Å². The summed E-state index contributed by atoms with van der Waals surface area (Å²) in [4.78, 5) is 40.0. The number of nitrogens with one attached hydrogen (secondary N) is 1. The molecule has 0 radical (unpaired) electrons. The van der Waals surface area contributed by atoms with Gasteiger partial charge in [0.25, 0.3) is 11.4 Å². The molecule has 138 valence electrons. The van der Waals surface area contributed by atoms with E-state index in [4.69, 9.17) is 10.5 Å². The molecule has 0 amide bonds. The Balaban J connectivity index is 2.09. The standard InChI is InChI=1S/C10H13FN5O7PS/c11-10(19)5(23-24(20,21)25)3(1-17)22-8(10)16-2-13-4-6(16)14-9(12)15-7(4)18/h2-3,5,8,17,19H,1H2,(H2,20,21,25)(H3,12,14,15,18)/t3-,5-,8-,10-/m1/s1. The van der Waals surface area contributed by atoms with Gasteiger partial charge in [0.2, 0.25) is 5.95 Å². The largest absolute Gasteiger partial charge is 0.394 e. The highest BCUT2D eigenvalue weighted by molar-refractivity contribution is 8.06. The summed E-state index contributed by atoms with van der Waals surface area (Å²) in [6.45, 7) is -5.21. The van der Waals surface area contributed by atoms with Crippen molar-refractivity contribution in [3.63, 3.8) is 0 Å². The van der Waals surface area contributed by atoms with Gasteiger partial charge in [-0.15, -0.1) is 0 Å². The first-order valence-corrected chi connectivity index (χ1v) is 9.31. The molecule has 1 aliphatic heterocycles. The fraction of sp³-hybridized carbons (Fsp3) is 0.500. The Hall–Kier alpha value is -1.51. The zero-order valence-corrected chi connectivity index (χ0v) is 13.9. The second kappa shape index (κ2) is 6.03. The number of imidazole rings is 1. The van der Waals surface area contributed by atoms with E-state index in [0.29, 0.717) is 0 Å². The van der Waals surface area contributed by atoms with Gasteiger partial charge in [0.15, 0.2) is 23.5 Å². The molecular weight excluding hydrogens is 384 g/mol. The first-order valence-electron chi connectivity index (χ1n) is 6.68. The third-order valence-corrected chi connectivity index (χ3v) is 4.28. The number of nitrogen functional groups attached to an aromatic ring is 1. The number of anilines is 1. The number of halogens is 1. The van der Waals surface area contributed by atoms with Crippen LogP contribution in [0.4, 0.5) is 10.3 Å². The van der Waals surface area contributed by atoms with Gasteiger partial charge in [-0.25, -0.2) is 9.37 Å². The van der Waals surface area contributed by atoms with E-state index in [9.17, 15) is 29.2 Å². The van der Waals surface area contributed by atoms with E-state index in [1.54, 1.807) is 0 Å². The first kappa shape index (κ1) is 18.3. The lowest BCUT2D eigenvalue weighted by molar-refractivity contribution is -0.191. The lowest BCUT2D eigenvalue weighted by atomic mass is 10.1. The van der Waals surface area contributed by atoms with Gasteiger partial charge in [0, 0.05) is 0 Å². The van der Waals surface area contributed by atoms with E-state index in [1.165, 1.54) is 0 Å². The zero-order chi connectivity index (χ0) is 18.6. The molecule has 0 saturated carbocycles. The van der Waals surface area contributed by atoms with Crippen LogP contribution in [0.1, 0.15) is 6.23 Å². The van der Waals surface area contributed by atoms with Crippen LogP contribution in [0.3, 0.4) is 0 Å². The summed E-state index contributed by atoms with van der Waals surface area (Å²) in [5.74, 6) is -3.65. The number of fused-ring (bicyclic) bond motifs is 1. The smallest absolute Gasteiger partial charge is 0.322 e. The zero-order valence-electron chi connectivity index (χ0n) is 12.2. The average Bonchev–Trinajstić information content (AvgIpc) is 2.98. The van der Waals surface area contributed by atoms with Crippen LogP contribution in [-0.2, 0) is 21.1 Å². The number of alkyl halides is 1. The number of H-pyrrole nitrogens is 1. The summed E-state index contributed by atoms with van der Waals surface area (Å²) in [5, 5.41) is 19.5. The summed E-state index contributed by atoms with van der Waals surface area (Å²) >= 11 is 4.27. The van der Waals surface area contributed by atoms with Crippen molar-refractivity contribution in [1.29, 1.82) is 0 Å². The number of ether oxygens (including phenoxy) is 1. The maximum Gasteiger partial charge on any atom is 0.322 e. The predicted molar refractivity (Wildman–Crippen MR) is 83.2 cm³/mol. The van der Waals surface area contributed by atoms with Gasteiger partial charge in [-0.1, -0.05) is 0 Å². The molecule has 3 rings (SSSR count). The fourth-order valence-corrected chi connectivity index (χ4v) is 3.40. The second-order valence-electron chi connectivity index (χ2n) is 5.23. The van der Waals surface area contributed by atoms with Crippen LogP contribution >= 0.6 is 6.72 Å². The van der Waals surface area contributed by atoms with Crippen LogP contribution in [0.2, 0.25) is 0 Å². The number of aliphatic hydroxyl groups excluding tert-OH is 1. The van der Waals surface area contributed by atoms with Crippen molar-refractivity contribution >= 4 is 35.6 Å². The average molecular weight is 397 g/mol. The summed E-state index contributed by atoms with van der Waals surface area (Å²) in [5.41, 5.74) is 4.34. The number of rotatable bonds is 4. The third kappa shape index (κ3) is 3.18. The quantitative estimate of drug-likeness (QED) is 0.308. The Morgan fingerprint density at radius 3 is 2.88 bits per heavy atom. The number of hydrogen-bond donors (Lipinski definition) is 6. The second-order valence-corrected chi connectivity index (χ2v) is 7.85. The van der Waals surface area contributed by atoms with Crippen LogP contribution in [0.15, 0.2) is 11.1 Å². The molecule has 4 atom stereocenters. The third-order valence-electron chi connectivity index (χ3n) is 3.52. The SMILES string of the molecule is Nc1nc2c(ncn2[C@@H]2O[C@H](CO)[C@@H](OP(O)(O)=S)[C@]2(O)F)c(=O)[nH]1. The van der Waals surface area contributed by atoms with Gasteiger partial charge < -0.3 is 30.5 Å². The first-order chi connectivity index (χ1) is 11.5. The number of aliphatic hydroxyl groups is 2. The van der Waals surface area contributed by atoms with Crippen molar-refractivity contribution in [2.75, 3.05) is 12.3 Å². The van der Waals surface area contributed by atoms with Gasteiger partial charge in [0.05, 0.1) is 12.9 Å². The molecule has 0 aromatic carbocycles. The highest BCUT2D eigenvalue weighted by Crippen LogP contribution is 2.49. The van der Waals surface area contributed by atoms with Crippen LogP contribution in [0.5, 0.6) is 0 Å². The Morgan fingerprint density at radius 1 is 1.60 bits per heavy atom. The van der Waals surface area contributed by atoms with E-state index < -0.39 is 43.2 Å². The van der Waals surface area contributed by atoms with Crippen molar-refractivity contribution in [2.24, 2.45) is 0 Å². The predicted octanol–water partition coefficient (Wildman–Crippen LogP) is -2.16. The van der Waals surface area contributed by atoms with Crippen LogP contribution < -0.4 is 11.3 Å². The van der Waals surface area contributed by atoms with Gasteiger partial charge in [-0.2, -0.15) is 4.98 Å². The normalized spacial score (nSPS) is 30.2. The molecule has 2 aromatic heterocycles. The van der Waals surface area contributed by atoms with Gasteiger partial charge in [0.1, 0.15) is 6.10 Å². The molecule has 3 heterocycles. The fourth-order valence-electron chi connectivity index (χ4n) is 2.54. The molecule has 2 aromatic rings. The van der Waals surface area contributed by atoms with Crippen molar-refractivity contribution in [2.45, 2.75) is 24.3 Å². The number of hydrogen-bond acceptors (Lipinski definition) is 9. The molecule has 0 spiro atoms. The minimum Gasteiger partial charge on any atom is -0.394 e. The van der Waals surface area contributed by atoms with Crippen LogP contribution in [0.25, 0.3) is 11.2 Å². The van der Waals surface area contributed by atoms with Gasteiger partial charge >= 0.3 is 6.72 Å². The molecular formula is C10H13FN5O7PS. The molecule has 0 bridgehead atoms. The Morgan fingerprint density at radius 2 is 2.28 bits per heavy atom. The molecule has 1 aliphatic rings. The maximum atomic E-state index is 14.9. The summed E-state index contributed by atoms with van der Waals surface area (Å²) in [6.07, 6.45) is -4.42. The number of aromatic amines is 1. The molecule has 1 fully saturated rings. The summed E-state index contributed by atoms with van der Waals surface area (Å²) in [6, 6.07) is 0. The van der Waals surface area contributed by atoms with Crippen LogP contribution in [-0.4, -0.2) is 64.2 Å². The lowest BCUT2D eigenvalue weighted by Gasteiger charge is -2.27. The van der Waals surface area contributed by atoms with E-state index in [-0.39, 0.29) is 17.1 Å². The molecule has 12 nitrogen and oxygen atoms in total. The number of nitrogens with two attached hydrogens (primary N) is 1. The Labute approximate surface area is 142 Å². The minimum atomic E-state index is -4.39. The maximum absolute atomic E-state index is 14.9. The van der Waals surface area contributed by atoms with E-state index >= 15 is 0 Å². The Bertz CT molecular complexity index is 913. The Kier molecular flexibility index (Phi) is 4.41. The molecule has 15 heteroatoms. The molecule has 25 heavy (non-hydrogen) atoms. The monoisotopic (exact) mass is 397 g/mol. The highest BCUT2D eigenvalue weighted by atomic mass is 32.5.